The second-order valence-electron chi connectivity index (χ2n) is 4.05. The lowest BCUT2D eigenvalue weighted by atomic mass is 10.1. The average molecular weight is 272 g/mol. The number of rotatable bonds is 5. The molecule has 0 atom stereocenters. The number of thioether (sulfide) groups is 1. The van der Waals surface area contributed by atoms with Crippen LogP contribution in [0.2, 0.25) is 0 Å². The van der Waals surface area contributed by atoms with Crippen molar-refractivity contribution in [3.63, 3.8) is 0 Å². The normalized spacial score (nSPS) is 10.2. The Bertz CT molecular complexity index is 584. The van der Waals surface area contributed by atoms with Crippen molar-refractivity contribution in [3.8, 4) is 5.75 Å². The molecule has 2 aromatic rings. The van der Waals surface area contributed by atoms with Gasteiger partial charge in [-0.2, -0.15) is 0 Å². The minimum atomic E-state index is 0.0753. The summed E-state index contributed by atoms with van der Waals surface area (Å²) in [5.41, 5.74) is 7.20. The molecule has 2 aromatic carbocycles. The van der Waals surface area contributed by atoms with E-state index < -0.39 is 0 Å². The summed E-state index contributed by atoms with van der Waals surface area (Å²) >= 11 is 1.66. The Kier molecular flexibility index (Phi) is 4.47. The number of hydrogen-bond donors (Lipinski definition) is 2. The quantitative estimate of drug-likeness (QED) is 0.499. The van der Waals surface area contributed by atoms with Crippen molar-refractivity contribution in [1.29, 1.82) is 5.41 Å². The highest BCUT2D eigenvalue weighted by atomic mass is 32.2. The van der Waals surface area contributed by atoms with E-state index in [0.717, 1.165) is 21.8 Å². The third kappa shape index (κ3) is 3.51. The smallest absolute Gasteiger partial charge is 0.133 e. The highest BCUT2D eigenvalue weighted by Crippen LogP contribution is 2.27. The summed E-state index contributed by atoms with van der Waals surface area (Å²) in [6.45, 7) is 0.471. The molecule has 0 bridgehead atoms. The molecular weight excluding hydrogens is 256 g/mol. The van der Waals surface area contributed by atoms with E-state index >= 15 is 0 Å². The van der Waals surface area contributed by atoms with Crippen molar-refractivity contribution < 1.29 is 4.74 Å². The molecule has 0 aromatic heterocycles. The molecule has 4 heteroatoms. The molecule has 0 saturated heterocycles. The van der Waals surface area contributed by atoms with Gasteiger partial charge >= 0.3 is 0 Å². The lowest BCUT2D eigenvalue weighted by Gasteiger charge is -2.10. The van der Waals surface area contributed by atoms with Crippen molar-refractivity contribution in [2.45, 2.75) is 11.5 Å². The maximum absolute atomic E-state index is 7.43. The highest BCUT2D eigenvalue weighted by Gasteiger charge is 2.03. The second kappa shape index (κ2) is 6.29. The predicted octanol–water partition coefficient (Wildman–Crippen LogP) is 3.27. The van der Waals surface area contributed by atoms with Crippen LogP contribution < -0.4 is 10.5 Å². The fourth-order valence-corrected chi connectivity index (χ4v) is 2.27. The van der Waals surface area contributed by atoms with Crippen LogP contribution in [0.4, 0.5) is 0 Å². The third-order valence-corrected chi connectivity index (χ3v) is 3.48. The fourth-order valence-electron chi connectivity index (χ4n) is 1.73. The number of hydrogen-bond acceptors (Lipinski definition) is 3. The van der Waals surface area contributed by atoms with E-state index in [4.69, 9.17) is 15.9 Å². The zero-order valence-corrected chi connectivity index (χ0v) is 11.5. The third-order valence-electron chi connectivity index (χ3n) is 2.70. The first-order chi connectivity index (χ1) is 9.20. The van der Waals surface area contributed by atoms with Gasteiger partial charge < -0.3 is 10.5 Å². The molecule has 0 fully saturated rings. The van der Waals surface area contributed by atoms with Gasteiger partial charge in [0.15, 0.2) is 0 Å². The Balaban J connectivity index is 2.10. The monoisotopic (exact) mass is 272 g/mol. The largest absolute Gasteiger partial charge is 0.488 e. The summed E-state index contributed by atoms with van der Waals surface area (Å²) in [6, 6.07) is 15.5. The Morgan fingerprint density at radius 2 is 2.00 bits per heavy atom. The molecule has 98 valence electrons. The van der Waals surface area contributed by atoms with E-state index in [1.54, 1.807) is 11.8 Å². The van der Waals surface area contributed by atoms with Gasteiger partial charge in [0.25, 0.3) is 0 Å². The van der Waals surface area contributed by atoms with Gasteiger partial charge in [0.1, 0.15) is 18.2 Å². The van der Waals surface area contributed by atoms with Crippen LogP contribution in [-0.4, -0.2) is 12.1 Å². The number of nitrogens with two attached hydrogens (primary N) is 1. The first kappa shape index (κ1) is 13.5. The lowest BCUT2D eigenvalue weighted by Crippen LogP contribution is -2.11. The molecule has 0 aliphatic carbocycles. The standard InChI is InChI=1S/C15H16N2OS/c1-19-14-8-3-2-7-13(14)18-10-11-5-4-6-12(9-11)15(16)17/h2-9H,10H2,1H3,(H3,16,17). The first-order valence-electron chi connectivity index (χ1n) is 5.90. The zero-order valence-electron chi connectivity index (χ0n) is 10.7. The number of para-hydroxylation sites is 1. The number of nitrogen functional groups attached to an aromatic ring is 1. The summed E-state index contributed by atoms with van der Waals surface area (Å²) in [6.07, 6.45) is 2.03. The Morgan fingerprint density at radius 1 is 1.21 bits per heavy atom. The van der Waals surface area contributed by atoms with Gasteiger partial charge in [0.2, 0.25) is 0 Å². The fraction of sp³-hybridized carbons (Fsp3) is 0.133. The van der Waals surface area contributed by atoms with Gasteiger partial charge in [-0.15, -0.1) is 11.8 Å². The van der Waals surface area contributed by atoms with Crippen molar-refractivity contribution in [2.24, 2.45) is 5.73 Å². The van der Waals surface area contributed by atoms with Crippen LogP contribution >= 0.6 is 11.8 Å². The van der Waals surface area contributed by atoms with Crippen molar-refractivity contribution in [1.82, 2.24) is 0 Å². The molecule has 0 saturated carbocycles. The van der Waals surface area contributed by atoms with Gasteiger partial charge in [0.05, 0.1) is 0 Å². The molecule has 0 radical (unpaired) electrons. The van der Waals surface area contributed by atoms with Gasteiger partial charge in [-0.25, -0.2) is 0 Å². The Morgan fingerprint density at radius 3 is 2.74 bits per heavy atom. The zero-order chi connectivity index (χ0) is 13.7. The van der Waals surface area contributed by atoms with Crippen molar-refractivity contribution >= 4 is 17.6 Å². The number of amidine groups is 1. The molecule has 0 unspecified atom stereocenters. The molecule has 3 N–H and O–H groups in total. The lowest BCUT2D eigenvalue weighted by molar-refractivity contribution is 0.299. The molecule has 0 spiro atoms. The molecule has 0 amide bonds. The SMILES string of the molecule is CSc1ccccc1OCc1cccc(C(=N)N)c1. The molecule has 19 heavy (non-hydrogen) atoms. The van der Waals surface area contributed by atoms with Gasteiger partial charge in [-0.1, -0.05) is 30.3 Å². The number of ether oxygens (including phenoxy) is 1. The molecule has 2 rings (SSSR count). The van der Waals surface area contributed by atoms with E-state index in [2.05, 4.69) is 0 Å². The van der Waals surface area contributed by atoms with E-state index in [9.17, 15) is 0 Å². The predicted molar refractivity (Wildman–Crippen MR) is 80.0 cm³/mol. The molecule has 0 aliphatic heterocycles. The maximum atomic E-state index is 7.43. The molecular formula is C15H16N2OS. The van der Waals surface area contributed by atoms with Crippen molar-refractivity contribution in [2.75, 3.05) is 6.26 Å². The van der Waals surface area contributed by atoms with Gasteiger partial charge in [-0.3, -0.25) is 5.41 Å². The van der Waals surface area contributed by atoms with Crippen LogP contribution in [0.15, 0.2) is 53.4 Å². The average Bonchev–Trinajstić information content (AvgIpc) is 2.45. The van der Waals surface area contributed by atoms with Crippen LogP contribution in [0.5, 0.6) is 5.75 Å². The highest BCUT2D eigenvalue weighted by molar-refractivity contribution is 7.98. The van der Waals surface area contributed by atoms with E-state index in [-0.39, 0.29) is 5.84 Å². The van der Waals surface area contributed by atoms with Crippen LogP contribution in [0.1, 0.15) is 11.1 Å². The Hall–Kier alpha value is -1.94. The molecule has 0 heterocycles. The minimum absolute atomic E-state index is 0.0753. The second-order valence-corrected chi connectivity index (χ2v) is 4.90. The van der Waals surface area contributed by atoms with Crippen LogP contribution in [0, 0.1) is 5.41 Å². The van der Waals surface area contributed by atoms with E-state index in [0.29, 0.717) is 6.61 Å². The first-order valence-corrected chi connectivity index (χ1v) is 7.12. The Labute approximate surface area is 117 Å². The molecule has 3 nitrogen and oxygen atoms in total. The number of nitrogens with one attached hydrogen (secondary N) is 1. The van der Waals surface area contributed by atoms with Crippen LogP contribution in [-0.2, 0) is 6.61 Å². The van der Waals surface area contributed by atoms with Gasteiger partial charge in [-0.05, 0) is 30.0 Å². The summed E-state index contributed by atoms with van der Waals surface area (Å²) in [4.78, 5) is 1.12. The maximum Gasteiger partial charge on any atom is 0.133 e. The van der Waals surface area contributed by atoms with Crippen LogP contribution in [0.25, 0.3) is 0 Å². The topological polar surface area (TPSA) is 59.1 Å². The van der Waals surface area contributed by atoms with E-state index in [1.165, 1.54) is 0 Å². The summed E-state index contributed by atoms with van der Waals surface area (Å²) in [5, 5.41) is 7.43. The van der Waals surface area contributed by atoms with E-state index in [1.807, 2.05) is 54.8 Å². The summed E-state index contributed by atoms with van der Waals surface area (Å²) < 4.78 is 5.82. The van der Waals surface area contributed by atoms with Crippen molar-refractivity contribution in [3.05, 3.63) is 59.7 Å². The molecule has 0 aliphatic rings. The van der Waals surface area contributed by atoms with Crippen LogP contribution in [0.3, 0.4) is 0 Å². The number of benzene rings is 2. The minimum Gasteiger partial charge on any atom is -0.488 e. The summed E-state index contributed by atoms with van der Waals surface area (Å²) in [5.74, 6) is 0.953. The summed E-state index contributed by atoms with van der Waals surface area (Å²) in [7, 11) is 0. The van der Waals surface area contributed by atoms with Gasteiger partial charge in [0, 0.05) is 10.5 Å².